The summed E-state index contributed by atoms with van der Waals surface area (Å²) in [5.41, 5.74) is 6.51. The van der Waals surface area contributed by atoms with E-state index in [1.54, 1.807) is 0 Å². The van der Waals surface area contributed by atoms with Crippen molar-refractivity contribution in [1.82, 2.24) is 0 Å². The standard InChI is InChI=1S/C9H11NO/c1-2-11-9-5-3-8(7-10)4-6-9/h2-6H,1,7,10H2. The highest BCUT2D eigenvalue weighted by molar-refractivity contribution is 5.27. The number of benzene rings is 1. The first-order valence-corrected chi connectivity index (χ1v) is 3.43. The Hall–Kier alpha value is -1.28. The number of hydrogen-bond acceptors (Lipinski definition) is 2. The molecule has 0 unspecified atom stereocenters. The molecular weight excluding hydrogens is 138 g/mol. The van der Waals surface area contributed by atoms with Gasteiger partial charge in [-0.1, -0.05) is 18.7 Å². The summed E-state index contributed by atoms with van der Waals surface area (Å²) in [4.78, 5) is 0. The molecule has 0 bridgehead atoms. The molecule has 0 aliphatic rings. The van der Waals surface area contributed by atoms with Crippen LogP contribution in [0.25, 0.3) is 0 Å². The highest BCUT2D eigenvalue weighted by Crippen LogP contribution is 2.11. The molecule has 0 aliphatic heterocycles. The molecule has 58 valence electrons. The van der Waals surface area contributed by atoms with Crippen molar-refractivity contribution in [1.29, 1.82) is 0 Å². The van der Waals surface area contributed by atoms with Crippen LogP contribution in [0, 0.1) is 0 Å². The zero-order chi connectivity index (χ0) is 8.10. The number of nitrogens with two attached hydrogens (primary N) is 1. The third kappa shape index (κ3) is 2.09. The fraction of sp³-hybridized carbons (Fsp3) is 0.111. The minimum atomic E-state index is 0.564. The molecule has 1 aromatic carbocycles. The van der Waals surface area contributed by atoms with Crippen LogP contribution in [0.4, 0.5) is 0 Å². The van der Waals surface area contributed by atoms with Crippen molar-refractivity contribution < 1.29 is 4.74 Å². The molecule has 0 fully saturated rings. The van der Waals surface area contributed by atoms with E-state index in [1.807, 2.05) is 24.3 Å². The Labute approximate surface area is 66.3 Å². The van der Waals surface area contributed by atoms with Crippen LogP contribution < -0.4 is 10.5 Å². The number of hydrogen-bond donors (Lipinski definition) is 1. The van der Waals surface area contributed by atoms with E-state index in [-0.39, 0.29) is 0 Å². The van der Waals surface area contributed by atoms with Crippen LogP contribution in [0.15, 0.2) is 37.1 Å². The minimum Gasteiger partial charge on any atom is -0.466 e. The topological polar surface area (TPSA) is 35.2 Å². The average Bonchev–Trinajstić information content (AvgIpc) is 2.07. The molecule has 1 aromatic rings. The van der Waals surface area contributed by atoms with Crippen molar-refractivity contribution in [2.75, 3.05) is 0 Å². The SMILES string of the molecule is C=COc1ccc(CN)cc1. The maximum Gasteiger partial charge on any atom is 0.126 e. The molecule has 0 saturated carbocycles. The van der Waals surface area contributed by atoms with E-state index in [4.69, 9.17) is 10.5 Å². The molecule has 0 atom stereocenters. The van der Waals surface area contributed by atoms with Crippen LogP contribution in [0.3, 0.4) is 0 Å². The molecular formula is C9H11NO. The van der Waals surface area contributed by atoms with Gasteiger partial charge in [-0.2, -0.15) is 0 Å². The largest absolute Gasteiger partial charge is 0.466 e. The van der Waals surface area contributed by atoms with Crippen LogP contribution in [-0.4, -0.2) is 0 Å². The molecule has 0 radical (unpaired) electrons. The monoisotopic (exact) mass is 149 g/mol. The zero-order valence-corrected chi connectivity index (χ0v) is 6.29. The minimum absolute atomic E-state index is 0.564. The predicted octanol–water partition coefficient (Wildman–Crippen LogP) is 1.67. The van der Waals surface area contributed by atoms with Crippen molar-refractivity contribution in [3.05, 3.63) is 42.7 Å². The Morgan fingerprint density at radius 2 is 2.00 bits per heavy atom. The highest BCUT2D eigenvalue weighted by atomic mass is 16.5. The van der Waals surface area contributed by atoms with Gasteiger partial charge in [0.25, 0.3) is 0 Å². The third-order valence-electron chi connectivity index (χ3n) is 1.38. The van der Waals surface area contributed by atoms with E-state index < -0.39 is 0 Å². The maximum atomic E-state index is 5.41. The molecule has 2 nitrogen and oxygen atoms in total. The number of ether oxygens (including phenoxy) is 1. The van der Waals surface area contributed by atoms with Gasteiger partial charge in [0.1, 0.15) is 5.75 Å². The Morgan fingerprint density at radius 1 is 1.36 bits per heavy atom. The van der Waals surface area contributed by atoms with Gasteiger partial charge in [-0.05, 0) is 17.7 Å². The third-order valence-corrected chi connectivity index (χ3v) is 1.38. The molecule has 11 heavy (non-hydrogen) atoms. The van der Waals surface area contributed by atoms with Crippen molar-refractivity contribution in [3.8, 4) is 5.75 Å². The Bertz CT molecular complexity index is 228. The number of rotatable bonds is 3. The van der Waals surface area contributed by atoms with E-state index in [0.717, 1.165) is 11.3 Å². The molecule has 0 aliphatic carbocycles. The summed E-state index contributed by atoms with van der Waals surface area (Å²) in [5, 5.41) is 0. The van der Waals surface area contributed by atoms with Crippen molar-refractivity contribution >= 4 is 0 Å². The average molecular weight is 149 g/mol. The molecule has 0 saturated heterocycles. The molecule has 0 amide bonds. The summed E-state index contributed by atoms with van der Waals surface area (Å²) < 4.78 is 5.03. The van der Waals surface area contributed by atoms with E-state index in [1.165, 1.54) is 6.26 Å². The molecule has 0 aromatic heterocycles. The van der Waals surface area contributed by atoms with Crippen molar-refractivity contribution in [2.45, 2.75) is 6.54 Å². The second-order valence-corrected chi connectivity index (χ2v) is 2.13. The van der Waals surface area contributed by atoms with Gasteiger partial charge in [0.05, 0.1) is 6.26 Å². The van der Waals surface area contributed by atoms with Gasteiger partial charge >= 0.3 is 0 Å². The molecule has 0 spiro atoms. The lowest BCUT2D eigenvalue weighted by molar-refractivity contribution is 0.483. The van der Waals surface area contributed by atoms with Gasteiger partial charge in [-0.25, -0.2) is 0 Å². The summed E-state index contributed by atoms with van der Waals surface area (Å²) >= 11 is 0. The van der Waals surface area contributed by atoms with Gasteiger partial charge < -0.3 is 10.5 Å². The summed E-state index contributed by atoms with van der Waals surface area (Å²) in [6.45, 7) is 4.02. The van der Waals surface area contributed by atoms with Gasteiger partial charge in [0, 0.05) is 6.54 Å². The van der Waals surface area contributed by atoms with E-state index in [2.05, 4.69) is 6.58 Å². The van der Waals surface area contributed by atoms with Gasteiger partial charge in [0.15, 0.2) is 0 Å². The quantitative estimate of drug-likeness (QED) is 0.663. The summed E-state index contributed by atoms with van der Waals surface area (Å²) in [6.07, 6.45) is 1.40. The summed E-state index contributed by atoms with van der Waals surface area (Å²) in [5.74, 6) is 0.789. The first-order valence-electron chi connectivity index (χ1n) is 3.43. The van der Waals surface area contributed by atoms with E-state index in [0.29, 0.717) is 6.54 Å². The second kappa shape index (κ2) is 3.78. The normalized spacial score (nSPS) is 9.18. The lowest BCUT2D eigenvalue weighted by Crippen LogP contribution is -1.95. The fourth-order valence-electron chi connectivity index (χ4n) is 0.800. The first-order chi connectivity index (χ1) is 5.36. The van der Waals surface area contributed by atoms with E-state index >= 15 is 0 Å². The first kappa shape index (κ1) is 7.82. The fourth-order valence-corrected chi connectivity index (χ4v) is 0.800. The lowest BCUT2D eigenvalue weighted by Gasteiger charge is -1.99. The molecule has 0 heterocycles. The van der Waals surface area contributed by atoms with E-state index in [9.17, 15) is 0 Å². The predicted molar refractivity (Wildman–Crippen MR) is 45.2 cm³/mol. The van der Waals surface area contributed by atoms with Crippen LogP contribution in [-0.2, 0) is 6.54 Å². The van der Waals surface area contributed by atoms with Crippen molar-refractivity contribution in [2.24, 2.45) is 5.73 Å². The molecule has 2 N–H and O–H groups in total. The van der Waals surface area contributed by atoms with Gasteiger partial charge in [0.2, 0.25) is 0 Å². The van der Waals surface area contributed by atoms with Crippen LogP contribution in [0.1, 0.15) is 5.56 Å². The Kier molecular flexibility index (Phi) is 2.69. The maximum absolute atomic E-state index is 5.41. The Morgan fingerprint density at radius 3 is 2.45 bits per heavy atom. The van der Waals surface area contributed by atoms with Crippen molar-refractivity contribution in [3.63, 3.8) is 0 Å². The van der Waals surface area contributed by atoms with Crippen LogP contribution in [0.5, 0.6) is 5.75 Å². The second-order valence-electron chi connectivity index (χ2n) is 2.13. The van der Waals surface area contributed by atoms with Gasteiger partial charge in [-0.3, -0.25) is 0 Å². The van der Waals surface area contributed by atoms with Crippen LogP contribution >= 0.6 is 0 Å². The smallest absolute Gasteiger partial charge is 0.126 e. The van der Waals surface area contributed by atoms with Gasteiger partial charge in [-0.15, -0.1) is 0 Å². The Balaban J connectivity index is 2.74. The van der Waals surface area contributed by atoms with Crippen LogP contribution in [0.2, 0.25) is 0 Å². The highest BCUT2D eigenvalue weighted by Gasteiger charge is 1.90. The molecule has 1 rings (SSSR count). The lowest BCUT2D eigenvalue weighted by atomic mass is 10.2. The summed E-state index contributed by atoms with van der Waals surface area (Å²) in [6, 6.07) is 7.59. The zero-order valence-electron chi connectivity index (χ0n) is 6.29. The molecule has 2 heteroatoms. The summed E-state index contributed by atoms with van der Waals surface area (Å²) in [7, 11) is 0.